The lowest BCUT2D eigenvalue weighted by molar-refractivity contribution is 0.324. The topological polar surface area (TPSA) is 65.1 Å². The number of aryl methyl sites for hydroxylation is 2. The van der Waals surface area contributed by atoms with Crippen LogP contribution in [0, 0.1) is 6.92 Å². The second-order valence-corrected chi connectivity index (χ2v) is 6.85. The molecule has 7 heteroatoms. The molecule has 0 saturated heterocycles. The molecule has 3 aromatic rings. The monoisotopic (exact) mass is 355 g/mol. The van der Waals surface area contributed by atoms with E-state index in [1.165, 1.54) is 22.7 Å². The highest BCUT2D eigenvalue weighted by molar-refractivity contribution is 5.69. The Kier molecular flexibility index (Phi) is 5.08. The van der Waals surface area contributed by atoms with Crippen molar-refractivity contribution in [3.8, 4) is 0 Å². The Morgan fingerprint density at radius 1 is 1.04 bits per heavy atom. The third-order valence-corrected chi connectivity index (χ3v) is 4.84. The minimum absolute atomic E-state index is 0.303. The van der Waals surface area contributed by atoms with Gasteiger partial charge in [-0.05, 0) is 26.0 Å². The molecule has 0 fully saturated rings. The molecule has 138 valence electrons. The van der Waals surface area contributed by atoms with Crippen molar-refractivity contribution >= 4 is 11.2 Å². The summed E-state index contributed by atoms with van der Waals surface area (Å²) < 4.78 is 4.37. The molecular formula is C19H25N5O2. The number of hydrogen-bond donors (Lipinski definition) is 0. The van der Waals surface area contributed by atoms with Crippen LogP contribution in [0.25, 0.3) is 11.2 Å². The number of imidazole rings is 1. The largest absolute Gasteiger partial charge is 0.332 e. The van der Waals surface area contributed by atoms with Crippen LogP contribution in [0.2, 0.25) is 0 Å². The molecule has 1 aromatic carbocycles. The van der Waals surface area contributed by atoms with Gasteiger partial charge >= 0.3 is 5.69 Å². The van der Waals surface area contributed by atoms with Crippen molar-refractivity contribution in [2.75, 3.05) is 20.1 Å². The number of nitrogens with zero attached hydrogens (tertiary/aromatic N) is 5. The summed E-state index contributed by atoms with van der Waals surface area (Å²) in [6, 6.07) is 8.59. The molecule has 0 bridgehead atoms. The van der Waals surface area contributed by atoms with Crippen LogP contribution in [0.1, 0.15) is 11.1 Å². The first-order chi connectivity index (χ1) is 12.4. The summed E-state index contributed by atoms with van der Waals surface area (Å²) in [5.74, 6) is 0. The van der Waals surface area contributed by atoms with E-state index in [4.69, 9.17) is 0 Å². The van der Waals surface area contributed by atoms with Gasteiger partial charge in [-0.2, -0.15) is 0 Å². The van der Waals surface area contributed by atoms with Crippen LogP contribution >= 0.6 is 0 Å². The molecular weight excluding hydrogens is 330 g/mol. The van der Waals surface area contributed by atoms with Crippen LogP contribution in [-0.2, 0) is 27.1 Å². The molecule has 0 aliphatic heterocycles. The lowest BCUT2D eigenvalue weighted by atomic mass is 10.1. The van der Waals surface area contributed by atoms with Crippen LogP contribution < -0.4 is 11.2 Å². The van der Waals surface area contributed by atoms with E-state index >= 15 is 0 Å². The Balaban J connectivity index is 1.69. The van der Waals surface area contributed by atoms with E-state index in [1.54, 1.807) is 13.4 Å². The highest BCUT2D eigenvalue weighted by atomic mass is 16.2. The van der Waals surface area contributed by atoms with Crippen LogP contribution in [0.15, 0.2) is 40.2 Å². The average Bonchev–Trinajstić information content (AvgIpc) is 3.06. The van der Waals surface area contributed by atoms with Gasteiger partial charge in [0.25, 0.3) is 5.56 Å². The minimum atomic E-state index is -0.358. The molecule has 2 heterocycles. The third kappa shape index (κ3) is 3.48. The normalized spacial score (nSPS) is 11.6. The van der Waals surface area contributed by atoms with Crippen LogP contribution in [0.3, 0.4) is 0 Å². The van der Waals surface area contributed by atoms with Gasteiger partial charge in [0.1, 0.15) is 0 Å². The lowest BCUT2D eigenvalue weighted by Crippen LogP contribution is -2.37. The Morgan fingerprint density at radius 3 is 2.42 bits per heavy atom. The van der Waals surface area contributed by atoms with Gasteiger partial charge in [-0.25, -0.2) is 9.78 Å². The molecule has 0 atom stereocenters. The van der Waals surface area contributed by atoms with E-state index in [0.717, 1.165) is 24.1 Å². The maximum absolute atomic E-state index is 12.4. The maximum atomic E-state index is 12.4. The highest BCUT2D eigenvalue weighted by Crippen LogP contribution is 2.07. The molecule has 0 amide bonds. The van der Waals surface area contributed by atoms with E-state index in [0.29, 0.717) is 17.7 Å². The summed E-state index contributed by atoms with van der Waals surface area (Å²) >= 11 is 0. The summed E-state index contributed by atoms with van der Waals surface area (Å²) in [4.78, 5) is 30.9. The van der Waals surface area contributed by atoms with Gasteiger partial charge in [-0.3, -0.25) is 13.9 Å². The van der Waals surface area contributed by atoms with Crippen molar-refractivity contribution in [1.82, 2.24) is 23.6 Å². The van der Waals surface area contributed by atoms with E-state index in [1.807, 2.05) is 4.57 Å². The van der Waals surface area contributed by atoms with Gasteiger partial charge in [-0.15, -0.1) is 0 Å². The quantitative estimate of drug-likeness (QED) is 0.659. The fourth-order valence-corrected chi connectivity index (χ4v) is 3.03. The summed E-state index contributed by atoms with van der Waals surface area (Å²) in [5.41, 5.74) is 2.83. The second-order valence-electron chi connectivity index (χ2n) is 6.85. The van der Waals surface area contributed by atoms with E-state index in [9.17, 15) is 9.59 Å². The zero-order valence-corrected chi connectivity index (χ0v) is 15.8. The van der Waals surface area contributed by atoms with Crippen molar-refractivity contribution in [3.63, 3.8) is 0 Å². The number of benzene rings is 1. The number of likely N-dealkylation sites (N-methyl/N-ethyl adjacent to an activating group) is 1. The van der Waals surface area contributed by atoms with Crippen molar-refractivity contribution in [3.05, 3.63) is 62.6 Å². The van der Waals surface area contributed by atoms with Gasteiger partial charge in [0.2, 0.25) is 0 Å². The number of fused-ring (bicyclic) bond motifs is 1. The van der Waals surface area contributed by atoms with Crippen LogP contribution in [0.4, 0.5) is 0 Å². The maximum Gasteiger partial charge on any atom is 0.332 e. The van der Waals surface area contributed by atoms with Crippen LogP contribution in [-0.4, -0.2) is 43.7 Å². The molecule has 0 radical (unpaired) electrons. The first kappa shape index (κ1) is 18.1. The van der Waals surface area contributed by atoms with Gasteiger partial charge in [0.15, 0.2) is 11.2 Å². The van der Waals surface area contributed by atoms with Crippen molar-refractivity contribution < 1.29 is 0 Å². The summed E-state index contributed by atoms with van der Waals surface area (Å²) in [5, 5.41) is 0. The fourth-order valence-electron chi connectivity index (χ4n) is 3.03. The molecule has 0 spiro atoms. The molecule has 0 unspecified atom stereocenters. The summed E-state index contributed by atoms with van der Waals surface area (Å²) in [6.45, 7) is 4.47. The van der Waals surface area contributed by atoms with Gasteiger partial charge in [-0.1, -0.05) is 29.8 Å². The highest BCUT2D eigenvalue weighted by Gasteiger charge is 2.14. The molecule has 3 rings (SSSR count). The molecule has 2 aromatic heterocycles. The Morgan fingerprint density at radius 2 is 1.73 bits per heavy atom. The minimum Gasteiger partial charge on any atom is -0.323 e. The average molecular weight is 355 g/mol. The number of rotatable bonds is 6. The number of aromatic nitrogens is 4. The summed E-state index contributed by atoms with van der Waals surface area (Å²) in [7, 11) is 5.20. The molecule has 0 aliphatic rings. The summed E-state index contributed by atoms with van der Waals surface area (Å²) in [6.07, 6.45) is 2.62. The van der Waals surface area contributed by atoms with Gasteiger partial charge in [0.05, 0.1) is 6.33 Å². The lowest BCUT2D eigenvalue weighted by Gasteiger charge is -2.17. The van der Waals surface area contributed by atoms with Crippen LogP contribution in [0.5, 0.6) is 0 Å². The van der Waals surface area contributed by atoms with E-state index < -0.39 is 0 Å². The first-order valence-electron chi connectivity index (χ1n) is 8.73. The smallest absolute Gasteiger partial charge is 0.323 e. The zero-order chi connectivity index (χ0) is 18.8. The fraction of sp³-hybridized carbons (Fsp3) is 0.421. The molecule has 7 nitrogen and oxygen atoms in total. The van der Waals surface area contributed by atoms with Crippen molar-refractivity contribution in [2.45, 2.75) is 19.9 Å². The van der Waals surface area contributed by atoms with Gasteiger partial charge in [0, 0.05) is 33.7 Å². The molecule has 0 N–H and O–H groups in total. The van der Waals surface area contributed by atoms with Crippen molar-refractivity contribution in [2.24, 2.45) is 14.1 Å². The zero-order valence-electron chi connectivity index (χ0n) is 15.8. The third-order valence-electron chi connectivity index (χ3n) is 4.84. The van der Waals surface area contributed by atoms with Crippen molar-refractivity contribution in [1.29, 1.82) is 0 Å². The predicted octanol–water partition coefficient (Wildman–Crippen LogP) is 0.917. The molecule has 26 heavy (non-hydrogen) atoms. The standard InChI is InChI=1S/C19H25N5O2/c1-14-5-7-15(8-6-14)9-10-21(2)11-12-24-13-20-17-16(24)18(25)23(4)19(26)22(17)3/h5-8,13H,9-12H2,1-4H3. The Labute approximate surface area is 152 Å². The molecule has 0 aliphatic carbocycles. The number of hydrogen-bond acceptors (Lipinski definition) is 4. The van der Waals surface area contributed by atoms with E-state index in [2.05, 4.69) is 48.1 Å². The Hall–Kier alpha value is -2.67. The Bertz CT molecular complexity index is 1030. The predicted molar refractivity (Wildman–Crippen MR) is 103 cm³/mol. The second kappa shape index (κ2) is 7.29. The SMILES string of the molecule is Cc1ccc(CCN(C)CCn2cnc3c2c(=O)n(C)c(=O)n3C)cc1. The van der Waals surface area contributed by atoms with Gasteiger partial charge < -0.3 is 9.47 Å². The van der Waals surface area contributed by atoms with E-state index in [-0.39, 0.29) is 11.2 Å². The first-order valence-corrected chi connectivity index (χ1v) is 8.73. The molecule has 0 saturated carbocycles.